The number of pyridine rings is 1. The number of amides is 1. The fraction of sp³-hybridized carbons (Fsp3) is 0.227. The van der Waals surface area contributed by atoms with E-state index >= 15 is 0 Å². The molecule has 1 atom stereocenters. The molecule has 0 radical (unpaired) electrons. The van der Waals surface area contributed by atoms with E-state index in [1.807, 2.05) is 6.92 Å². The highest BCUT2D eigenvalue weighted by molar-refractivity contribution is 8.13. The van der Waals surface area contributed by atoms with Gasteiger partial charge in [-0.1, -0.05) is 49.5 Å². The molecule has 0 bridgehead atoms. The second-order valence-corrected chi connectivity index (χ2v) is 7.83. The van der Waals surface area contributed by atoms with Crippen molar-refractivity contribution in [1.29, 1.82) is 0 Å². The van der Waals surface area contributed by atoms with Gasteiger partial charge in [0.1, 0.15) is 6.04 Å². The molecule has 1 amide bonds. The number of hydrogen-bond acceptors (Lipinski definition) is 4. The Kier molecular flexibility index (Phi) is 8.49. The number of thioether (sulfide) groups is 1. The van der Waals surface area contributed by atoms with Crippen LogP contribution in [0.5, 0.6) is 0 Å². The number of halogens is 1. The molecule has 0 aliphatic carbocycles. The fourth-order valence-electron chi connectivity index (χ4n) is 2.78. The molecule has 1 heterocycles. The van der Waals surface area contributed by atoms with E-state index in [-0.39, 0.29) is 23.0 Å². The number of benzene rings is 1. The Bertz CT molecular complexity index is 967. The highest BCUT2D eigenvalue weighted by atomic mass is 35.5. The lowest BCUT2D eigenvalue weighted by atomic mass is 9.99. The molecule has 0 saturated carbocycles. The molecule has 2 aromatic rings. The summed E-state index contributed by atoms with van der Waals surface area (Å²) in [5.41, 5.74) is 1.91. The monoisotopic (exact) mass is 430 g/mol. The third-order valence-corrected chi connectivity index (χ3v) is 5.61. The Morgan fingerprint density at radius 1 is 1.24 bits per heavy atom. The van der Waals surface area contributed by atoms with E-state index in [9.17, 15) is 14.4 Å². The van der Waals surface area contributed by atoms with Crippen molar-refractivity contribution in [1.82, 2.24) is 10.3 Å². The average Bonchev–Trinajstić information content (AvgIpc) is 2.71. The highest BCUT2D eigenvalue weighted by Crippen LogP contribution is 2.19. The molecule has 0 saturated heterocycles. The standard InChI is InChI=1S/C22H23ClN2O3S/c1-4-11-29-22(28)19(25-21(27)14-7-9-16(23)10-8-14)12-15-13-20(26)24-18(6-3)17(15)5-2/h5-10,13,19H,2-4,11-12H2,1H3,(H,24,26)(H,25,27). The average molecular weight is 431 g/mol. The van der Waals surface area contributed by atoms with Crippen molar-refractivity contribution in [2.24, 2.45) is 0 Å². The fourth-order valence-corrected chi connectivity index (χ4v) is 3.65. The van der Waals surface area contributed by atoms with Gasteiger partial charge in [-0.15, -0.1) is 0 Å². The maximum Gasteiger partial charge on any atom is 0.251 e. The molecule has 5 nitrogen and oxygen atoms in total. The van der Waals surface area contributed by atoms with Gasteiger partial charge in [0.2, 0.25) is 10.7 Å². The van der Waals surface area contributed by atoms with Crippen molar-refractivity contribution < 1.29 is 9.59 Å². The quantitative estimate of drug-likeness (QED) is 0.620. The summed E-state index contributed by atoms with van der Waals surface area (Å²) in [7, 11) is 0. The van der Waals surface area contributed by atoms with E-state index in [2.05, 4.69) is 23.5 Å². The Balaban J connectivity index is 2.35. The van der Waals surface area contributed by atoms with E-state index in [4.69, 9.17) is 11.6 Å². The third-order valence-electron chi connectivity index (χ3n) is 4.18. The van der Waals surface area contributed by atoms with Crippen molar-refractivity contribution in [3.63, 3.8) is 0 Å². The summed E-state index contributed by atoms with van der Waals surface area (Å²) in [5, 5.41) is 3.15. The zero-order valence-electron chi connectivity index (χ0n) is 16.2. The Morgan fingerprint density at radius 3 is 2.52 bits per heavy atom. The highest BCUT2D eigenvalue weighted by Gasteiger charge is 2.24. The minimum atomic E-state index is -0.798. The zero-order valence-corrected chi connectivity index (χ0v) is 17.7. The lowest BCUT2D eigenvalue weighted by molar-refractivity contribution is -0.112. The van der Waals surface area contributed by atoms with Crippen LogP contribution in [0.4, 0.5) is 0 Å². The van der Waals surface area contributed by atoms with Crippen LogP contribution >= 0.6 is 23.4 Å². The smallest absolute Gasteiger partial charge is 0.251 e. The van der Waals surface area contributed by atoms with Gasteiger partial charge in [-0.05, 0) is 42.3 Å². The Labute approximate surface area is 179 Å². The predicted octanol–water partition coefficient (Wildman–Crippen LogP) is 4.33. The molecular formula is C22H23ClN2O3S. The molecule has 152 valence electrons. The maximum atomic E-state index is 12.8. The molecule has 29 heavy (non-hydrogen) atoms. The van der Waals surface area contributed by atoms with E-state index in [1.165, 1.54) is 12.1 Å². The minimum Gasteiger partial charge on any atom is -0.341 e. The van der Waals surface area contributed by atoms with Crippen LogP contribution in [0.1, 0.15) is 40.5 Å². The molecule has 0 fully saturated rings. The molecular weight excluding hydrogens is 408 g/mol. The van der Waals surface area contributed by atoms with Crippen molar-refractivity contribution in [3.8, 4) is 0 Å². The Hall–Kier alpha value is -2.57. The van der Waals surface area contributed by atoms with Gasteiger partial charge in [-0.2, -0.15) is 0 Å². The number of carbonyl (C=O) groups excluding carboxylic acids is 2. The van der Waals surface area contributed by atoms with Crippen LogP contribution in [-0.4, -0.2) is 27.8 Å². The molecule has 7 heteroatoms. The molecule has 1 aromatic carbocycles. The first-order valence-corrected chi connectivity index (χ1v) is 10.5. The van der Waals surface area contributed by atoms with Crippen molar-refractivity contribution in [2.45, 2.75) is 25.8 Å². The van der Waals surface area contributed by atoms with Crippen LogP contribution in [0.3, 0.4) is 0 Å². The molecule has 2 N–H and O–H groups in total. The normalized spacial score (nSPS) is 11.5. The van der Waals surface area contributed by atoms with Crippen LogP contribution in [0.25, 0.3) is 12.2 Å². The van der Waals surface area contributed by atoms with Gasteiger partial charge in [0.25, 0.3) is 5.91 Å². The molecule has 1 aromatic heterocycles. The first-order chi connectivity index (χ1) is 13.9. The number of rotatable bonds is 9. The van der Waals surface area contributed by atoms with Crippen LogP contribution in [0.15, 0.2) is 48.3 Å². The van der Waals surface area contributed by atoms with Crippen LogP contribution in [0.2, 0.25) is 5.02 Å². The minimum absolute atomic E-state index is 0.162. The topological polar surface area (TPSA) is 79.0 Å². The second-order valence-electron chi connectivity index (χ2n) is 6.30. The third kappa shape index (κ3) is 6.21. The largest absolute Gasteiger partial charge is 0.341 e. The number of carbonyl (C=O) groups is 2. The van der Waals surface area contributed by atoms with E-state index in [1.54, 1.807) is 30.3 Å². The van der Waals surface area contributed by atoms with E-state index in [0.29, 0.717) is 33.2 Å². The second kappa shape index (κ2) is 10.8. The first-order valence-electron chi connectivity index (χ1n) is 9.13. The van der Waals surface area contributed by atoms with Gasteiger partial charge < -0.3 is 10.3 Å². The Morgan fingerprint density at radius 2 is 1.93 bits per heavy atom. The number of aromatic nitrogens is 1. The van der Waals surface area contributed by atoms with Crippen LogP contribution in [-0.2, 0) is 11.2 Å². The van der Waals surface area contributed by atoms with Crippen molar-refractivity contribution in [3.05, 3.63) is 81.3 Å². The van der Waals surface area contributed by atoms with Gasteiger partial charge >= 0.3 is 0 Å². The van der Waals surface area contributed by atoms with Gasteiger partial charge in [-0.3, -0.25) is 14.4 Å². The lowest BCUT2D eigenvalue weighted by Gasteiger charge is -2.19. The number of H-pyrrole nitrogens is 1. The van der Waals surface area contributed by atoms with Gasteiger partial charge in [0, 0.05) is 40.1 Å². The summed E-state index contributed by atoms with van der Waals surface area (Å²) in [6, 6.07) is 7.04. The van der Waals surface area contributed by atoms with Crippen LogP contribution < -0.4 is 10.9 Å². The first kappa shape index (κ1) is 22.7. The van der Waals surface area contributed by atoms with Crippen molar-refractivity contribution in [2.75, 3.05) is 5.75 Å². The van der Waals surface area contributed by atoms with Crippen LogP contribution in [0, 0.1) is 0 Å². The number of hydrogen-bond donors (Lipinski definition) is 2. The predicted molar refractivity (Wildman–Crippen MR) is 121 cm³/mol. The molecule has 0 aliphatic rings. The summed E-state index contributed by atoms with van der Waals surface area (Å²) in [6.07, 6.45) is 4.12. The molecule has 0 aliphatic heterocycles. The van der Waals surface area contributed by atoms with E-state index in [0.717, 1.165) is 18.2 Å². The van der Waals surface area contributed by atoms with Gasteiger partial charge in [-0.25, -0.2) is 0 Å². The summed E-state index contributed by atoms with van der Waals surface area (Å²) in [6.45, 7) is 9.47. The van der Waals surface area contributed by atoms with Gasteiger partial charge in [0.05, 0.1) is 0 Å². The zero-order chi connectivity index (χ0) is 21.4. The summed E-state index contributed by atoms with van der Waals surface area (Å²) < 4.78 is 0. The lowest BCUT2D eigenvalue weighted by Crippen LogP contribution is -2.41. The molecule has 0 spiro atoms. The maximum absolute atomic E-state index is 12.8. The van der Waals surface area contributed by atoms with E-state index < -0.39 is 6.04 Å². The summed E-state index contributed by atoms with van der Waals surface area (Å²) >= 11 is 7.04. The van der Waals surface area contributed by atoms with Crippen molar-refractivity contribution >= 4 is 46.5 Å². The molecule has 1 unspecified atom stereocenters. The summed E-state index contributed by atoms with van der Waals surface area (Å²) in [4.78, 5) is 40.1. The number of aromatic amines is 1. The SMILES string of the molecule is C=Cc1[nH]c(=O)cc(CC(NC(=O)c2ccc(Cl)cc2)C(=O)SCCC)c1C=C. The summed E-state index contributed by atoms with van der Waals surface area (Å²) in [5.74, 6) is 0.263. The number of nitrogens with one attached hydrogen (secondary N) is 2. The van der Waals surface area contributed by atoms with Gasteiger partial charge in [0.15, 0.2) is 0 Å². The molecule has 2 rings (SSSR count).